The van der Waals surface area contributed by atoms with Crippen LogP contribution in [0.4, 0.5) is 22.0 Å². The summed E-state index contributed by atoms with van der Waals surface area (Å²) < 4.78 is 66.1. The lowest BCUT2D eigenvalue weighted by atomic mass is 9.97. The number of hydrogen-bond acceptors (Lipinski definition) is 2. The Hall–Kier alpha value is -2.09. The van der Waals surface area contributed by atoms with Crippen LogP contribution in [0, 0.1) is 11.6 Å². The molecule has 1 fully saturated rings. The van der Waals surface area contributed by atoms with Gasteiger partial charge < -0.3 is 4.90 Å². The van der Waals surface area contributed by atoms with E-state index in [4.69, 9.17) is 23.2 Å². The van der Waals surface area contributed by atoms with Crippen LogP contribution in [0.1, 0.15) is 29.2 Å². The number of benzene rings is 2. The quantitative estimate of drug-likeness (QED) is 0.332. The zero-order valence-electron chi connectivity index (χ0n) is 17.4. The van der Waals surface area contributed by atoms with Gasteiger partial charge in [-0.3, -0.25) is 4.90 Å². The highest BCUT2D eigenvalue weighted by molar-refractivity contribution is 6.31. The van der Waals surface area contributed by atoms with Crippen LogP contribution in [0.2, 0.25) is 0 Å². The van der Waals surface area contributed by atoms with Gasteiger partial charge >= 0.3 is 6.18 Å². The molecule has 33 heavy (non-hydrogen) atoms. The number of halogens is 7. The number of hydrogen-bond donors (Lipinski definition) is 0. The second-order valence-corrected chi connectivity index (χ2v) is 9.20. The van der Waals surface area contributed by atoms with Crippen LogP contribution in [0.5, 0.6) is 0 Å². The SMILES string of the molecule is Fc1ccc(CN2CCN(C3=CC=C(Cl)CC3Cl)C(c3ccc(C(F)(F)F)cc3)C2)cc1F. The van der Waals surface area contributed by atoms with Crippen LogP contribution < -0.4 is 0 Å². The van der Waals surface area contributed by atoms with E-state index >= 15 is 0 Å². The highest BCUT2D eigenvalue weighted by Gasteiger charge is 2.34. The Morgan fingerprint density at radius 1 is 0.939 bits per heavy atom. The molecule has 0 N–H and O–H groups in total. The Balaban J connectivity index is 1.62. The third kappa shape index (κ3) is 5.53. The molecule has 0 aromatic heterocycles. The monoisotopic (exact) mass is 502 g/mol. The Morgan fingerprint density at radius 2 is 1.67 bits per heavy atom. The minimum atomic E-state index is -4.42. The van der Waals surface area contributed by atoms with E-state index in [1.54, 1.807) is 6.08 Å². The zero-order valence-corrected chi connectivity index (χ0v) is 18.9. The molecule has 1 aliphatic heterocycles. The molecule has 2 aromatic rings. The maximum Gasteiger partial charge on any atom is 0.416 e. The maximum absolute atomic E-state index is 13.7. The third-order valence-corrected chi connectivity index (χ3v) is 6.60. The molecule has 0 amide bonds. The maximum atomic E-state index is 13.7. The van der Waals surface area contributed by atoms with Crippen molar-refractivity contribution in [3.8, 4) is 0 Å². The van der Waals surface area contributed by atoms with Crippen molar-refractivity contribution in [3.05, 3.63) is 93.7 Å². The van der Waals surface area contributed by atoms with Crippen molar-refractivity contribution >= 4 is 23.2 Å². The van der Waals surface area contributed by atoms with E-state index in [1.807, 2.05) is 6.08 Å². The smallest absolute Gasteiger partial charge is 0.364 e. The van der Waals surface area contributed by atoms with Crippen molar-refractivity contribution < 1.29 is 22.0 Å². The van der Waals surface area contributed by atoms with Gasteiger partial charge in [-0.25, -0.2) is 8.78 Å². The van der Waals surface area contributed by atoms with Gasteiger partial charge in [-0.05, 0) is 47.5 Å². The van der Waals surface area contributed by atoms with Crippen molar-refractivity contribution in [2.45, 2.75) is 30.6 Å². The van der Waals surface area contributed by atoms with Crippen LogP contribution in [0.25, 0.3) is 0 Å². The topological polar surface area (TPSA) is 6.48 Å². The number of piperazine rings is 1. The first-order valence-corrected chi connectivity index (χ1v) is 11.2. The summed E-state index contributed by atoms with van der Waals surface area (Å²) in [5, 5.41) is 0.291. The van der Waals surface area contributed by atoms with Crippen LogP contribution >= 0.6 is 23.2 Å². The van der Waals surface area contributed by atoms with Gasteiger partial charge in [0.1, 0.15) is 0 Å². The molecule has 4 rings (SSSR count). The van der Waals surface area contributed by atoms with Gasteiger partial charge in [0.25, 0.3) is 0 Å². The third-order valence-electron chi connectivity index (χ3n) is 5.94. The minimum absolute atomic E-state index is 0.274. The van der Waals surface area contributed by atoms with Gasteiger partial charge in [0.15, 0.2) is 11.6 Å². The number of allylic oxidation sites excluding steroid dienone is 4. The summed E-state index contributed by atoms with van der Waals surface area (Å²) in [7, 11) is 0. The molecule has 1 saturated heterocycles. The van der Waals surface area contributed by atoms with Crippen LogP contribution in [0.3, 0.4) is 0 Å². The average Bonchev–Trinajstić information content (AvgIpc) is 2.76. The van der Waals surface area contributed by atoms with E-state index in [0.717, 1.165) is 23.9 Å². The van der Waals surface area contributed by atoms with E-state index < -0.39 is 23.4 Å². The second kappa shape index (κ2) is 9.65. The van der Waals surface area contributed by atoms with Crippen LogP contribution in [0.15, 0.2) is 65.3 Å². The average molecular weight is 503 g/mol. The lowest BCUT2D eigenvalue weighted by Crippen LogP contribution is -2.48. The molecule has 9 heteroatoms. The number of rotatable bonds is 4. The number of alkyl halides is 4. The lowest BCUT2D eigenvalue weighted by Gasteiger charge is -2.45. The molecule has 0 radical (unpaired) electrons. The van der Waals surface area contributed by atoms with Gasteiger partial charge in [0.05, 0.1) is 17.0 Å². The Morgan fingerprint density at radius 3 is 2.30 bits per heavy atom. The molecule has 2 nitrogen and oxygen atoms in total. The molecular weight excluding hydrogens is 482 g/mol. The molecule has 1 aliphatic carbocycles. The first-order valence-electron chi connectivity index (χ1n) is 10.4. The highest BCUT2D eigenvalue weighted by atomic mass is 35.5. The van der Waals surface area contributed by atoms with Crippen molar-refractivity contribution in [3.63, 3.8) is 0 Å². The van der Waals surface area contributed by atoms with Gasteiger partial charge in [-0.1, -0.05) is 29.8 Å². The fourth-order valence-electron chi connectivity index (χ4n) is 4.27. The van der Waals surface area contributed by atoms with E-state index in [2.05, 4.69) is 9.80 Å². The summed E-state index contributed by atoms with van der Waals surface area (Å²) in [6.07, 6.45) is -0.305. The number of nitrogens with zero attached hydrogens (tertiary/aromatic N) is 2. The predicted octanol–water partition coefficient (Wildman–Crippen LogP) is 6.86. The zero-order chi connectivity index (χ0) is 23.8. The molecule has 0 saturated carbocycles. The summed E-state index contributed by atoms with van der Waals surface area (Å²) >= 11 is 12.7. The molecule has 0 spiro atoms. The lowest BCUT2D eigenvalue weighted by molar-refractivity contribution is -0.137. The van der Waals surface area contributed by atoms with E-state index in [0.29, 0.717) is 48.8 Å². The predicted molar refractivity (Wildman–Crippen MR) is 119 cm³/mol. The standard InChI is InChI=1S/C24H21Cl2F5N2/c25-18-6-8-22(19(26)12-18)33-10-9-32(13-15-1-7-20(27)21(28)11-15)14-23(33)16-2-4-17(5-3-16)24(29,30)31/h1-8,11,19,23H,9-10,12-14H2. The first kappa shape index (κ1) is 24.0. The molecule has 1 heterocycles. The van der Waals surface area contributed by atoms with E-state index in [-0.39, 0.29) is 11.4 Å². The van der Waals surface area contributed by atoms with E-state index in [9.17, 15) is 22.0 Å². The molecule has 2 aliphatic rings. The van der Waals surface area contributed by atoms with Gasteiger partial charge in [-0.15, -0.1) is 11.6 Å². The summed E-state index contributed by atoms with van der Waals surface area (Å²) in [5.74, 6) is -1.82. The largest absolute Gasteiger partial charge is 0.416 e. The molecule has 2 atom stereocenters. The molecule has 176 valence electrons. The summed E-state index contributed by atoms with van der Waals surface area (Å²) in [5.41, 5.74) is 1.48. The fraction of sp³-hybridized carbons (Fsp3) is 0.333. The Labute approximate surface area is 198 Å². The summed E-state index contributed by atoms with van der Waals surface area (Å²) in [4.78, 5) is 4.17. The highest BCUT2D eigenvalue weighted by Crippen LogP contribution is 2.37. The summed E-state index contributed by atoms with van der Waals surface area (Å²) in [6.45, 7) is 2.05. The molecule has 2 aromatic carbocycles. The fourth-order valence-corrected chi connectivity index (χ4v) is 4.93. The molecular formula is C24H21Cl2F5N2. The molecule has 2 unspecified atom stereocenters. The Kier molecular flexibility index (Phi) is 7.03. The first-order chi connectivity index (χ1) is 15.6. The van der Waals surface area contributed by atoms with Crippen LogP contribution in [-0.4, -0.2) is 34.8 Å². The van der Waals surface area contributed by atoms with Crippen LogP contribution in [-0.2, 0) is 12.7 Å². The van der Waals surface area contributed by atoms with Gasteiger partial charge in [0, 0.05) is 43.3 Å². The molecule has 0 bridgehead atoms. The van der Waals surface area contributed by atoms with Gasteiger partial charge in [0.2, 0.25) is 0 Å². The summed E-state index contributed by atoms with van der Waals surface area (Å²) in [6, 6.07) is 8.63. The Bertz CT molecular complexity index is 1070. The van der Waals surface area contributed by atoms with Crippen molar-refractivity contribution in [1.82, 2.24) is 9.80 Å². The van der Waals surface area contributed by atoms with Crippen molar-refractivity contribution in [2.24, 2.45) is 0 Å². The van der Waals surface area contributed by atoms with Gasteiger partial charge in [-0.2, -0.15) is 13.2 Å². The van der Waals surface area contributed by atoms with Crippen molar-refractivity contribution in [1.29, 1.82) is 0 Å². The normalized spacial score (nSPS) is 22.2. The van der Waals surface area contributed by atoms with Crippen molar-refractivity contribution in [2.75, 3.05) is 19.6 Å². The minimum Gasteiger partial charge on any atom is -0.364 e. The second-order valence-electron chi connectivity index (χ2n) is 8.19. The van der Waals surface area contributed by atoms with E-state index in [1.165, 1.54) is 24.3 Å².